The van der Waals surface area contributed by atoms with Crippen LogP contribution >= 0.6 is 0 Å². The number of hydrogen-bond acceptors (Lipinski definition) is 6. The first-order valence-corrected chi connectivity index (χ1v) is 12.1. The van der Waals surface area contributed by atoms with Crippen LogP contribution in [0.15, 0.2) is 84.9 Å². The van der Waals surface area contributed by atoms with E-state index in [1.807, 2.05) is 84.9 Å². The number of nitrogens with zero attached hydrogens (tertiary/aromatic N) is 1. The molecular formula is C29H35NO5. The van der Waals surface area contributed by atoms with Crippen molar-refractivity contribution in [3.8, 4) is 5.75 Å². The van der Waals surface area contributed by atoms with Gasteiger partial charge >= 0.3 is 5.97 Å². The largest absolute Gasteiger partial charge is 0.482 e. The summed E-state index contributed by atoms with van der Waals surface area (Å²) in [6, 6.07) is 26.9. The molecule has 0 aromatic heterocycles. The summed E-state index contributed by atoms with van der Waals surface area (Å²) in [5.74, 6) is 0.243. The van der Waals surface area contributed by atoms with E-state index in [9.17, 15) is 15.0 Å². The van der Waals surface area contributed by atoms with Crippen LogP contribution in [0.4, 0.5) is 0 Å². The first-order valence-electron chi connectivity index (χ1n) is 12.1. The zero-order valence-electron chi connectivity index (χ0n) is 20.3. The van der Waals surface area contributed by atoms with Crippen LogP contribution in [-0.2, 0) is 16.0 Å². The van der Waals surface area contributed by atoms with Crippen molar-refractivity contribution in [2.45, 2.75) is 32.0 Å². The molecule has 186 valence electrons. The van der Waals surface area contributed by atoms with Gasteiger partial charge in [-0.05, 0) is 55.1 Å². The van der Waals surface area contributed by atoms with E-state index in [1.54, 1.807) is 6.92 Å². The second kappa shape index (κ2) is 14.3. The minimum atomic E-state index is -0.630. The molecule has 6 heteroatoms. The molecule has 35 heavy (non-hydrogen) atoms. The van der Waals surface area contributed by atoms with E-state index in [1.165, 1.54) is 0 Å². The van der Waals surface area contributed by atoms with Crippen LogP contribution in [0.25, 0.3) is 0 Å². The number of carbonyl (C=O) groups is 1. The highest BCUT2D eigenvalue weighted by molar-refractivity contribution is 5.71. The van der Waals surface area contributed by atoms with E-state index >= 15 is 0 Å². The summed E-state index contributed by atoms with van der Waals surface area (Å²) in [6.45, 7) is 3.61. The van der Waals surface area contributed by atoms with Gasteiger partial charge in [0.25, 0.3) is 0 Å². The fourth-order valence-corrected chi connectivity index (χ4v) is 3.91. The minimum absolute atomic E-state index is 0.102. The highest BCUT2D eigenvalue weighted by atomic mass is 16.6. The van der Waals surface area contributed by atoms with E-state index in [0.29, 0.717) is 25.4 Å². The number of ether oxygens (including phenoxy) is 2. The molecule has 0 spiro atoms. The second-order valence-electron chi connectivity index (χ2n) is 8.45. The number of aliphatic hydroxyl groups excluding tert-OH is 2. The summed E-state index contributed by atoms with van der Waals surface area (Å²) in [6.07, 6.45) is 0.453. The second-order valence-corrected chi connectivity index (χ2v) is 8.45. The Balaban J connectivity index is 1.55. The van der Waals surface area contributed by atoms with E-state index in [-0.39, 0.29) is 12.6 Å². The topological polar surface area (TPSA) is 79.2 Å². The SMILES string of the molecule is CCOC(=O)COc1ccc(CCCN(CC(O)c2ccccc2)CC(O)c2ccccc2)cc1. The minimum Gasteiger partial charge on any atom is -0.482 e. The molecule has 0 aliphatic rings. The van der Waals surface area contributed by atoms with Crippen molar-refractivity contribution in [3.05, 3.63) is 102 Å². The van der Waals surface area contributed by atoms with Gasteiger partial charge in [-0.3, -0.25) is 4.90 Å². The van der Waals surface area contributed by atoms with Gasteiger partial charge < -0.3 is 19.7 Å². The summed E-state index contributed by atoms with van der Waals surface area (Å²) in [5, 5.41) is 21.5. The zero-order chi connectivity index (χ0) is 24.9. The van der Waals surface area contributed by atoms with Crippen molar-refractivity contribution >= 4 is 5.97 Å². The van der Waals surface area contributed by atoms with Gasteiger partial charge in [0.05, 0.1) is 18.8 Å². The van der Waals surface area contributed by atoms with E-state index < -0.39 is 12.2 Å². The maximum Gasteiger partial charge on any atom is 0.344 e. The van der Waals surface area contributed by atoms with Gasteiger partial charge in [-0.2, -0.15) is 0 Å². The molecule has 0 aliphatic heterocycles. The highest BCUT2D eigenvalue weighted by Crippen LogP contribution is 2.19. The molecule has 0 heterocycles. The average Bonchev–Trinajstić information content (AvgIpc) is 2.89. The molecule has 0 fully saturated rings. The van der Waals surface area contributed by atoms with Crippen molar-refractivity contribution in [2.24, 2.45) is 0 Å². The summed E-state index contributed by atoms with van der Waals surface area (Å²) in [4.78, 5) is 13.6. The van der Waals surface area contributed by atoms with Gasteiger partial charge in [0.1, 0.15) is 5.75 Å². The third kappa shape index (κ3) is 9.17. The lowest BCUT2D eigenvalue weighted by molar-refractivity contribution is -0.145. The molecule has 6 nitrogen and oxygen atoms in total. The molecule has 3 aromatic rings. The first kappa shape index (κ1) is 26.4. The third-order valence-electron chi connectivity index (χ3n) is 5.76. The van der Waals surface area contributed by atoms with E-state index in [0.717, 1.165) is 36.1 Å². The van der Waals surface area contributed by atoms with Crippen molar-refractivity contribution < 1.29 is 24.5 Å². The van der Waals surface area contributed by atoms with Gasteiger partial charge in [0.2, 0.25) is 0 Å². The van der Waals surface area contributed by atoms with Gasteiger partial charge in [-0.1, -0.05) is 72.8 Å². The molecule has 2 unspecified atom stereocenters. The number of hydrogen-bond donors (Lipinski definition) is 2. The molecule has 0 aliphatic carbocycles. The molecular weight excluding hydrogens is 442 g/mol. The highest BCUT2D eigenvalue weighted by Gasteiger charge is 2.18. The predicted octanol–water partition coefficient (Wildman–Crippen LogP) is 4.33. The number of benzene rings is 3. The van der Waals surface area contributed by atoms with Crippen molar-refractivity contribution in [2.75, 3.05) is 32.8 Å². The van der Waals surface area contributed by atoms with Gasteiger partial charge in [-0.15, -0.1) is 0 Å². The predicted molar refractivity (Wildman–Crippen MR) is 136 cm³/mol. The van der Waals surface area contributed by atoms with Crippen LogP contribution < -0.4 is 4.74 Å². The standard InChI is InChI=1S/C29H35NO5/c1-2-34-29(33)22-35-26-17-15-23(16-18-26)10-9-19-30(20-27(31)24-11-5-3-6-12-24)21-28(32)25-13-7-4-8-14-25/h3-8,11-18,27-28,31-32H,2,9-10,19-22H2,1H3. The fourth-order valence-electron chi connectivity index (χ4n) is 3.91. The summed E-state index contributed by atoms with van der Waals surface area (Å²) >= 11 is 0. The lowest BCUT2D eigenvalue weighted by Crippen LogP contribution is -2.34. The molecule has 3 rings (SSSR count). The van der Waals surface area contributed by atoms with Crippen molar-refractivity contribution in [3.63, 3.8) is 0 Å². The normalized spacial score (nSPS) is 12.8. The van der Waals surface area contributed by atoms with Crippen LogP contribution in [-0.4, -0.2) is 53.9 Å². The van der Waals surface area contributed by atoms with Gasteiger partial charge in [-0.25, -0.2) is 4.79 Å². The van der Waals surface area contributed by atoms with Crippen molar-refractivity contribution in [1.29, 1.82) is 0 Å². The summed E-state index contributed by atoms with van der Waals surface area (Å²) in [7, 11) is 0. The molecule has 3 aromatic carbocycles. The lowest BCUT2D eigenvalue weighted by atomic mass is 10.1. The maximum atomic E-state index is 11.4. The van der Waals surface area contributed by atoms with Crippen molar-refractivity contribution in [1.82, 2.24) is 4.90 Å². The Morgan fingerprint density at radius 3 is 1.89 bits per heavy atom. The summed E-state index contributed by atoms with van der Waals surface area (Å²) < 4.78 is 10.3. The molecule has 0 saturated carbocycles. The Bertz CT molecular complexity index is 947. The number of rotatable bonds is 14. The maximum absolute atomic E-state index is 11.4. The molecule has 0 radical (unpaired) electrons. The first-order chi connectivity index (χ1) is 17.0. The van der Waals surface area contributed by atoms with Gasteiger partial charge in [0, 0.05) is 13.1 Å². The number of carbonyl (C=O) groups excluding carboxylic acids is 1. The average molecular weight is 478 g/mol. The Labute approximate surface area is 207 Å². The third-order valence-corrected chi connectivity index (χ3v) is 5.76. The van der Waals surface area contributed by atoms with Crippen LogP contribution in [0.5, 0.6) is 5.75 Å². The smallest absolute Gasteiger partial charge is 0.344 e. The molecule has 0 amide bonds. The molecule has 0 saturated heterocycles. The molecule has 2 atom stereocenters. The number of aryl methyl sites for hydroxylation is 1. The van der Waals surface area contributed by atoms with Crippen LogP contribution in [0.3, 0.4) is 0 Å². The Morgan fingerprint density at radius 1 is 0.829 bits per heavy atom. The Hall–Kier alpha value is -3.19. The van der Waals surface area contributed by atoms with Crippen LogP contribution in [0.2, 0.25) is 0 Å². The fraction of sp³-hybridized carbons (Fsp3) is 0.345. The van der Waals surface area contributed by atoms with E-state index in [2.05, 4.69) is 4.90 Å². The van der Waals surface area contributed by atoms with Crippen LogP contribution in [0, 0.1) is 0 Å². The number of esters is 1. The molecule has 0 bridgehead atoms. The Kier molecular flexibility index (Phi) is 10.8. The molecule has 2 N–H and O–H groups in total. The lowest BCUT2D eigenvalue weighted by Gasteiger charge is -2.27. The summed E-state index contributed by atoms with van der Waals surface area (Å²) in [5.41, 5.74) is 2.89. The van der Waals surface area contributed by atoms with Gasteiger partial charge in [0.15, 0.2) is 6.61 Å². The number of aliphatic hydroxyl groups is 2. The quantitative estimate of drug-likeness (QED) is 0.337. The van der Waals surface area contributed by atoms with E-state index in [4.69, 9.17) is 9.47 Å². The monoisotopic (exact) mass is 477 g/mol. The van der Waals surface area contributed by atoms with Crippen LogP contribution in [0.1, 0.15) is 42.2 Å². The zero-order valence-corrected chi connectivity index (χ0v) is 20.3. The Morgan fingerprint density at radius 2 is 1.37 bits per heavy atom.